The second-order valence-electron chi connectivity index (χ2n) is 14.2. The second-order valence-corrected chi connectivity index (χ2v) is 14.2. The van der Waals surface area contributed by atoms with E-state index in [4.69, 9.17) is 19.7 Å². The molecule has 0 aliphatic carbocycles. The van der Waals surface area contributed by atoms with Gasteiger partial charge in [0.15, 0.2) is 0 Å². The van der Waals surface area contributed by atoms with Gasteiger partial charge in [0.25, 0.3) is 0 Å². The third kappa shape index (κ3) is 6.71. The fourth-order valence-electron chi connectivity index (χ4n) is 7.11. The number of fused-ring (bicyclic) bond motifs is 3. The summed E-state index contributed by atoms with van der Waals surface area (Å²) in [6.07, 6.45) is 0. The van der Waals surface area contributed by atoms with Crippen LogP contribution in [-0.4, -0.2) is 19.5 Å². The highest BCUT2D eigenvalue weighted by molar-refractivity contribution is 6.09. The zero-order valence-corrected chi connectivity index (χ0v) is 31.8. The van der Waals surface area contributed by atoms with Crippen molar-refractivity contribution < 1.29 is 4.74 Å². The van der Waals surface area contributed by atoms with Crippen molar-refractivity contribution in [2.75, 3.05) is 9.80 Å². The summed E-state index contributed by atoms with van der Waals surface area (Å²) >= 11 is 0. The Balaban J connectivity index is 1.23. The number of aryl methyl sites for hydroxylation is 4. The van der Waals surface area contributed by atoms with Crippen molar-refractivity contribution in [1.29, 1.82) is 0 Å². The van der Waals surface area contributed by atoms with Crippen LogP contribution >= 0.6 is 0 Å². The Bertz CT molecular complexity index is 2550. The van der Waals surface area contributed by atoms with Crippen LogP contribution in [0.4, 0.5) is 34.6 Å². The van der Waals surface area contributed by atoms with Crippen molar-refractivity contribution >= 4 is 56.5 Å². The molecule has 0 bridgehead atoms. The molecule has 2 aromatic heterocycles. The predicted octanol–water partition coefficient (Wildman–Crippen LogP) is 12.9. The molecule has 0 unspecified atom stereocenters. The molecule has 0 amide bonds. The lowest BCUT2D eigenvalue weighted by atomic mass is 10.1. The Labute approximate surface area is 326 Å². The summed E-state index contributed by atoms with van der Waals surface area (Å²) in [6.45, 7) is 8.34. The number of para-hydroxylation sites is 2. The summed E-state index contributed by atoms with van der Waals surface area (Å²) in [7, 11) is 0. The van der Waals surface area contributed by atoms with Gasteiger partial charge in [-0.1, -0.05) is 113 Å². The Hall–Kier alpha value is -7.25. The molecule has 0 saturated carbocycles. The minimum absolute atomic E-state index is 0.165. The van der Waals surface area contributed by atoms with E-state index >= 15 is 0 Å². The van der Waals surface area contributed by atoms with Gasteiger partial charge in [0.05, 0.1) is 11.0 Å². The smallest absolute Gasteiger partial charge is 0.328 e. The number of rotatable bonds is 9. The first-order valence-electron chi connectivity index (χ1n) is 18.8. The Morgan fingerprint density at radius 1 is 0.411 bits per heavy atom. The minimum Gasteiger partial charge on any atom is -0.424 e. The van der Waals surface area contributed by atoms with Crippen LogP contribution in [0.15, 0.2) is 170 Å². The van der Waals surface area contributed by atoms with Crippen molar-refractivity contribution in [2.45, 2.75) is 27.7 Å². The quantitative estimate of drug-likeness (QED) is 0.147. The largest absolute Gasteiger partial charge is 0.424 e. The van der Waals surface area contributed by atoms with E-state index < -0.39 is 0 Å². The maximum Gasteiger partial charge on any atom is 0.328 e. The molecule has 0 N–H and O–H groups in total. The first-order valence-corrected chi connectivity index (χ1v) is 18.8. The lowest BCUT2D eigenvalue weighted by molar-refractivity contribution is 0.440. The van der Waals surface area contributed by atoms with Crippen LogP contribution in [0.3, 0.4) is 0 Å². The van der Waals surface area contributed by atoms with Gasteiger partial charge < -0.3 is 9.30 Å². The minimum atomic E-state index is 0.165. The standard InChI is InChI=1S/C49H40N6O/c1-33-16-24-37(25-17-33)53(38-26-18-34(2)19-27-38)47-50-48(54(39-28-20-35(3)21-29-39)40-30-22-36(4)23-31-40)52-49(51-47)56-42-11-9-10-41(32-42)55-45-14-7-5-12-43(45)44-13-6-8-15-46(44)55/h5-32H,1-4H3. The summed E-state index contributed by atoms with van der Waals surface area (Å²) < 4.78 is 8.99. The topological polar surface area (TPSA) is 59.3 Å². The molecule has 2 heterocycles. The van der Waals surface area contributed by atoms with Crippen LogP contribution in [0.25, 0.3) is 27.5 Å². The molecule has 7 heteroatoms. The summed E-state index contributed by atoms with van der Waals surface area (Å²) in [4.78, 5) is 19.5. The molecule has 56 heavy (non-hydrogen) atoms. The van der Waals surface area contributed by atoms with Crippen molar-refractivity contribution in [3.05, 3.63) is 192 Å². The highest BCUT2D eigenvalue weighted by atomic mass is 16.5. The van der Waals surface area contributed by atoms with Crippen molar-refractivity contribution in [1.82, 2.24) is 19.5 Å². The van der Waals surface area contributed by atoms with E-state index in [1.807, 2.05) is 28.0 Å². The number of benzene rings is 7. The molecule has 9 rings (SSSR count). The molecule has 0 spiro atoms. The van der Waals surface area contributed by atoms with Crippen molar-refractivity contribution in [3.8, 4) is 17.4 Å². The first-order chi connectivity index (χ1) is 27.4. The number of hydrogen-bond acceptors (Lipinski definition) is 6. The van der Waals surface area contributed by atoms with Gasteiger partial charge in [0.1, 0.15) is 5.75 Å². The van der Waals surface area contributed by atoms with E-state index in [9.17, 15) is 0 Å². The van der Waals surface area contributed by atoms with Crippen LogP contribution < -0.4 is 14.5 Å². The highest BCUT2D eigenvalue weighted by Gasteiger charge is 2.24. The van der Waals surface area contributed by atoms with Crippen LogP contribution in [0, 0.1) is 27.7 Å². The fourth-order valence-corrected chi connectivity index (χ4v) is 7.11. The number of ether oxygens (including phenoxy) is 1. The average Bonchev–Trinajstić information content (AvgIpc) is 3.56. The summed E-state index contributed by atoms with van der Waals surface area (Å²) in [6, 6.07) is 58.7. The maximum absolute atomic E-state index is 6.71. The molecule has 0 saturated heterocycles. The van der Waals surface area contributed by atoms with Gasteiger partial charge in [-0.15, -0.1) is 0 Å². The van der Waals surface area contributed by atoms with Crippen LogP contribution in [0.1, 0.15) is 22.3 Å². The van der Waals surface area contributed by atoms with E-state index in [-0.39, 0.29) is 6.01 Å². The summed E-state index contributed by atoms with van der Waals surface area (Å²) in [5.74, 6) is 1.43. The second kappa shape index (κ2) is 14.5. The molecular formula is C49H40N6O. The highest BCUT2D eigenvalue weighted by Crippen LogP contribution is 2.39. The molecule has 0 fully saturated rings. The van der Waals surface area contributed by atoms with E-state index in [1.54, 1.807) is 0 Å². The molecule has 0 aliphatic rings. The molecule has 7 nitrogen and oxygen atoms in total. The lowest BCUT2D eigenvalue weighted by Gasteiger charge is -2.27. The third-order valence-electron chi connectivity index (χ3n) is 10.0. The molecule has 9 aromatic rings. The molecule has 0 atom stereocenters. The van der Waals surface area contributed by atoms with Gasteiger partial charge in [-0.05, 0) is 100 Å². The van der Waals surface area contributed by atoms with Gasteiger partial charge >= 0.3 is 6.01 Å². The SMILES string of the molecule is Cc1ccc(N(c2ccc(C)cc2)c2nc(Oc3cccc(-n4c5ccccc5c5ccccc54)c3)nc(N(c3ccc(C)cc3)c3ccc(C)cc3)n2)cc1. The van der Waals surface area contributed by atoms with Crippen LogP contribution in [-0.2, 0) is 0 Å². The number of anilines is 6. The van der Waals surface area contributed by atoms with Crippen LogP contribution in [0.5, 0.6) is 11.8 Å². The molecule has 0 radical (unpaired) electrons. The zero-order valence-electron chi connectivity index (χ0n) is 31.8. The van der Waals surface area contributed by atoms with E-state index in [0.29, 0.717) is 17.6 Å². The number of nitrogens with zero attached hydrogens (tertiary/aromatic N) is 6. The zero-order chi connectivity index (χ0) is 38.2. The summed E-state index contributed by atoms with van der Waals surface area (Å²) in [5.41, 5.74) is 11.5. The van der Waals surface area contributed by atoms with E-state index in [0.717, 1.165) is 61.7 Å². The van der Waals surface area contributed by atoms with Gasteiger partial charge in [0.2, 0.25) is 11.9 Å². The lowest BCUT2D eigenvalue weighted by Crippen LogP contribution is -2.19. The predicted molar refractivity (Wildman–Crippen MR) is 229 cm³/mol. The average molecular weight is 729 g/mol. The summed E-state index contributed by atoms with van der Waals surface area (Å²) in [5, 5.41) is 2.39. The Kier molecular flexibility index (Phi) is 8.95. The van der Waals surface area contributed by atoms with Gasteiger partial charge in [0, 0.05) is 45.3 Å². The molecule has 0 aliphatic heterocycles. The Morgan fingerprint density at radius 3 is 1.21 bits per heavy atom. The van der Waals surface area contributed by atoms with E-state index in [2.05, 4.69) is 184 Å². The maximum atomic E-state index is 6.71. The number of aromatic nitrogens is 4. The van der Waals surface area contributed by atoms with E-state index in [1.165, 1.54) is 10.8 Å². The van der Waals surface area contributed by atoms with Gasteiger partial charge in [-0.2, -0.15) is 15.0 Å². The first kappa shape index (κ1) is 34.5. The van der Waals surface area contributed by atoms with Gasteiger partial charge in [-0.25, -0.2) is 0 Å². The van der Waals surface area contributed by atoms with Crippen LogP contribution in [0.2, 0.25) is 0 Å². The molecule has 7 aromatic carbocycles. The number of hydrogen-bond donors (Lipinski definition) is 0. The normalized spacial score (nSPS) is 11.2. The third-order valence-corrected chi connectivity index (χ3v) is 10.0. The molecular weight excluding hydrogens is 689 g/mol. The monoisotopic (exact) mass is 728 g/mol. The Morgan fingerprint density at radius 2 is 0.804 bits per heavy atom. The molecule has 272 valence electrons. The van der Waals surface area contributed by atoms with Gasteiger partial charge in [-0.3, -0.25) is 9.80 Å². The van der Waals surface area contributed by atoms with Crippen molar-refractivity contribution in [2.24, 2.45) is 0 Å². The fraction of sp³-hybridized carbons (Fsp3) is 0.0816. The van der Waals surface area contributed by atoms with Crippen molar-refractivity contribution in [3.63, 3.8) is 0 Å².